The lowest BCUT2D eigenvalue weighted by molar-refractivity contribution is -0.137. The predicted octanol–water partition coefficient (Wildman–Crippen LogP) is 4.46. The van der Waals surface area contributed by atoms with Crippen LogP contribution in [-0.4, -0.2) is 45.4 Å². The Bertz CT molecular complexity index is 1290. The lowest BCUT2D eigenvalue weighted by atomic mass is 10.0. The number of methoxy groups -OCH3 is 1. The molecule has 1 N–H and O–H groups in total. The van der Waals surface area contributed by atoms with Gasteiger partial charge in [-0.05, 0) is 59.2 Å². The van der Waals surface area contributed by atoms with E-state index in [0.29, 0.717) is 16.7 Å². The summed E-state index contributed by atoms with van der Waals surface area (Å²) in [6.07, 6.45) is -4.43. The first kappa shape index (κ1) is 27.3. The summed E-state index contributed by atoms with van der Waals surface area (Å²) in [5.41, 5.74) is 1.12. The number of benzene rings is 3. The van der Waals surface area contributed by atoms with Gasteiger partial charge in [-0.25, -0.2) is 12.8 Å². The van der Waals surface area contributed by atoms with Gasteiger partial charge >= 0.3 is 6.18 Å². The van der Waals surface area contributed by atoms with Crippen LogP contribution in [0.4, 0.5) is 17.6 Å². The van der Waals surface area contributed by atoms with Gasteiger partial charge in [0.05, 0.1) is 17.1 Å². The molecule has 6 nitrogen and oxygen atoms in total. The van der Waals surface area contributed by atoms with Crippen LogP contribution in [0.25, 0.3) is 11.1 Å². The van der Waals surface area contributed by atoms with Crippen molar-refractivity contribution in [3.63, 3.8) is 0 Å². The third-order valence-electron chi connectivity index (χ3n) is 5.50. The van der Waals surface area contributed by atoms with Gasteiger partial charge in [0.2, 0.25) is 15.9 Å². The number of nitrogens with zero attached hydrogens (tertiary/aromatic N) is 1. The Morgan fingerprint density at radius 1 is 1.00 bits per heavy atom. The van der Waals surface area contributed by atoms with E-state index in [1.165, 1.54) is 26.3 Å². The third kappa shape index (κ3) is 6.48. The van der Waals surface area contributed by atoms with Gasteiger partial charge in [0.1, 0.15) is 11.9 Å². The Balaban J connectivity index is 1.73. The van der Waals surface area contributed by atoms with Crippen LogP contribution in [0.15, 0.2) is 77.7 Å². The Hall–Kier alpha value is -3.28. The second-order valence-corrected chi connectivity index (χ2v) is 9.94. The zero-order chi connectivity index (χ0) is 26.5. The summed E-state index contributed by atoms with van der Waals surface area (Å²) < 4.78 is 83.4. The number of ether oxygens (including phenoxy) is 1. The number of amides is 1. The van der Waals surface area contributed by atoms with Crippen LogP contribution in [0.5, 0.6) is 0 Å². The van der Waals surface area contributed by atoms with Crippen molar-refractivity contribution in [2.45, 2.75) is 23.7 Å². The molecule has 0 radical (unpaired) electrons. The number of rotatable bonds is 9. The van der Waals surface area contributed by atoms with Crippen molar-refractivity contribution in [2.75, 3.05) is 20.8 Å². The van der Waals surface area contributed by atoms with Crippen LogP contribution in [-0.2, 0) is 32.3 Å². The highest BCUT2D eigenvalue weighted by Crippen LogP contribution is 2.31. The molecule has 3 rings (SSSR count). The van der Waals surface area contributed by atoms with Gasteiger partial charge in [-0.15, -0.1) is 0 Å². The molecule has 192 valence electrons. The number of halogens is 4. The largest absolute Gasteiger partial charge is 0.416 e. The van der Waals surface area contributed by atoms with Crippen molar-refractivity contribution >= 4 is 15.9 Å². The molecule has 0 saturated heterocycles. The number of likely N-dealkylation sites (N-methyl/N-ethyl adjacent to an activating group) is 1. The third-order valence-corrected chi connectivity index (χ3v) is 7.38. The number of carbonyl (C=O) groups is 1. The van der Waals surface area contributed by atoms with E-state index in [1.54, 1.807) is 24.3 Å². The number of hydrogen-bond acceptors (Lipinski definition) is 4. The van der Waals surface area contributed by atoms with Gasteiger partial charge < -0.3 is 10.1 Å². The molecule has 11 heteroatoms. The van der Waals surface area contributed by atoms with Crippen LogP contribution in [0.2, 0.25) is 0 Å². The highest BCUT2D eigenvalue weighted by molar-refractivity contribution is 7.89. The topological polar surface area (TPSA) is 75.7 Å². The average molecular weight is 525 g/mol. The summed E-state index contributed by atoms with van der Waals surface area (Å²) in [4.78, 5) is 12.7. The molecule has 0 aromatic heterocycles. The van der Waals surface area contributed by atoms with Crippen LogP contribution in [0.1, 0.15) is 11.1 Å². The van der Waals surface area contributed by atoms with E-state index in [1.807, 2.05) is 0 Å². The fourth-order valence-corrected chi connectivity index (χ4v) is 4.77. The molecule has 0 heterocycles. The molecule has 0 spiro atoms. The number of sulfonamides is 1. The quantitative estimate of drug-likeness (QED) is 0.420. The minimum Gasteiger partial charge on any atom is -0.382 e. The Morgan fingerprint density at radius 3 is 2.22 bits per heavy atom. The fourth-order valence-electron chi connectivity index (χ4n) is 3.46. The zero-order valence-electron chi connectivity index (χ0n) is 19.4. The second kappa shape index (κ2) is 11.2. The number of alkyl halides is 3. The van der Waals surface area contributed by atoms with Crippen LogP contribution in [0, 0.1) is 5.82 Å². The molecule has 3 aromatic carbocycles. The molecule has 0 bridgehead atoms. The maximum Gasteiger partial charge on any atom is 0.416 e. The Morgan fingerprint density at radius 2 is 1.64 bits per heavy atom. The van der Waals surface area contributed by atoms with Crippen molar-refractivity contribution in [2.24, 2.45) is 0 Å². The molecule has 36 heavy (non-hydrogen) atoms. The average Bonchev–Trinajstić information content (AvgIpc) is 2.85. The number of hydrogen-bond donors (Lipinski definition) is 1. The summed E-state index contributed by atoms with van der Waals surface area (Å²) in [7, 11) is -1.56. The smallest absolute Gasteiger partial charge is 0.382 e. The highest BCUT2D eigenvalue weighted by atomic mass is 32.2. The molecule has 0 aliphatic heterocycles. The molecule has 3 aromatic rings. The normalized spacial score (nSPS) is 13.0. The van der Waals surface area contributed by atoms with E-state index < -0.39 is 39.5 Å². The van der Waals surface area contributed by atoms with Crippen molar-refractivity contribution in [3.05, 3.63) is 89.7 Å². The van der Waals surface area contributed by atoms with Crippen LogP contribution in [0.3, 0.4) is 0 Å². The lowest BCUT2D eigenvalue weighted by Gasteiger charge is -2.26. The monoisotopic (exact) mass is 524 g/mol. The van der Waals surface area contributed by atoms with E-state index in [0.717, 1.165) is 40.7 Å². The lowest BCUT2D eigenvalue weighted by Crippen LogP contribution is -2.49. The van der Waals surface area contributed by atoms with E-state index in [9.17, 15) is 30.8 Å². The molecule has 0 unspecified atom stereocenters. The first-order valence-corrected chi connectivity index (χ1v) is 12.1. The number of carbonyl (C=O) groups excluding carboxylic acids is 1. The standard InChI is InChI=1S/C25H24F4N2O4S/c1-31(36(33,34)22-12-10-21(26)11-13-22)23(16-35-2)24(32)30-15-17-4-3-5-19(14-17)18-6-8-20(9-7-18)25(27,28)29/h3-14,23H,15-16H2,1-2H3,(H,30,32)/t23-/m0/s1. The second-order valence-electron chi connectivity index (χ2n) is 7.94. The predicted molar refractivity (Wildman–Crippen MR) is 126 cm³/mol. The van der Waals surface area contributed by atoms with Crippen molar-refractivity contribution in [1.82, 2.24) is 9.62 Å². The van der Waals surface area contributed by atoms with E-state index in [2.05, 4.69) is 5.32 Å². The molecule has 1 amide bonds. The molecule has 1 atom stereocenters. The van der Waals surface area contributed by atoms with E-state index >= 15 is 0 Å². The van der Waals surface area contributed by atoms with E-state index in [-0.39, 0.29) is 18.0 Å². The molecule has 0 fully saturated rings. The zero-order valence-corrected chi connectivity index (χ0v) is 20.2. The van der Waals surface area contributed by atoms with Gasteiger partial charge in [0, 0.05) is 20.7 Å². The Labute approximate surface area is 206 Å². The summed E-state index contributed by atoms with van der Waals surface area (Å²) in [6, 6.07) is 14.6. The van der Waals surface area contributed by atoms with Crippen molar-refractivity contribution in [1.29, 1.82) is 0 Å². The molecule has 0 aliphatic carbocycles. The van der Waals surface area contributed by atoms with Crippen LogP contribution < -0.4 is 5.32 Å². The maximum absolute atomic E-state index is 13.2. The van der Waals surface area contributed by atoms with Crippen molar-refractivity contribution in [3.8, 4) is 11.1 Å². The van der Waals surface area contributed by atoms with Crippen molar-refractivity contribution < 1.29 is 35.5 Å². The summed E-state index contributed by atoms with van der Waals surface area (Å²) in [6.45, 7) is -0.188. The first-order chi connectivity index (χ1) is 16.9. The number of nitrogens with one attached hydrogen (secondary N) is 1. The van der Waals surface area contributed by atoms with Gasteiger partial charge in [-0.3, -0.25) is 4.79 Å². The minimum atomic E-state index is -4.43. The molecular formula is C25H24F4N2O4S. The van der Waals surface area contributed by atoms with Gasteiger partial charge in [0.15, 0.2) is 0 Å². The highest BCUT2D eigenvalue weighted by Gasteiger charge is 2.33. The summed E-state index contributed by atoms with van der Waals surface area (Å²) >= 11 is 0. The van der Waals surface area contributed by atoms with Gasteiger partial charge in [-0.1, -0.05) is 30.3 Å². The molecule has 0 aliphatic rings. The van der Waals surface area contributed by atoms with E-state index in [4.69, 9.17) is 4.74 Å². The van der Waals surface area contributed by atoms with Gasteiger partial charge in [-0.2, -0.15) is 17.5 Å². The minimum absolute atomic E-state index is 0.0396. The fraction of sp³-hybridized carbons (Fsp3) is 0.240. The molecular weight excluding hydrogens is 500 g/mol. The maximum atomic E-state index is 13.2. The first-order valence-electron chi connectivity index (χ1n) is 10.7. The SMILES string of the molecule is COC[C@@H](C(=O)NCc1cccc(-c2ccc(C(F)(F)F)cc2)c1)N(C)S(=O)(=O)c1ccc(F)cc1. The van der Waals surface area contributed by atoms with Gasteiger partial charge in [0.25, 0.3) is 0 Å². The van der Waals surface area contributed by atoms with Crippen LogP contribution >= 0.6 is 0 Å². The molecule has 0 saturated carbocycles. The summed E-state index contributed by atoms with van der Waals surface area (Å²) in [5.74, 6) is -1.22. The summed E-state index contributed by atoms with van der Waals surface area (Å²) in [5, 5.41) is 2.67. The Kier molecular flexibility index (Phi) is 8.49.